The van der Waals surface area contributed by atoms with Crippen molar-refractivity contribution < 1.29 is 14.3 Å². The Kier molecular flexibility index (Phi) is 6.64. The summed E-state index contributed by atoms with van der Waals surface area (Å²) < 4.78 is 5.33. The Morgan fingerprint density at radius 3 is 2.25 bits per heavy atom. The molecule has 0 fully saturated rings. The molecule has 3 rings (SSSR count). The van der Waals surface area contributed by atoms with Crippen LogP contribution in [0.15, 0.2) is 60.9 Å². The van der Waals surface area contributed by atoms with Crippen molar-refractivity contribution in [3.8, 4) is 17.2 Å². The highest BCUT2D eigenvalue weighted by molar-refractivity contribution is 5.96. The molecule has 1 heterocycles. The van der Waals surface area contributed by atoms with Crippen LogP contribution in [0.1, 0.15) is 50.8 Å². The van der Waals surface area contributed by atoms with E-state index < -0.39 is 18.0 Å². The minimum atomic E-state index is -1.16. The van der Waals surface area contributed by atoms with E-state index in [9.17, 15) is 9.59 Å². The Bertz CT molecular complexity index is 1160. The molecular weight excluding hydrogens is 404 g/mol. The molecule has 0 bridgehead atoms. The quantitative estimate of drug-likeness (QED) is 0.598. The number of anilines is 1. The van der Waals surface area contributed by atoms with E-state index in [1.54, 1.807) is 6.07 Å². The maximum Gasteiger partial charge on any atom is 0.303 e. The number of hydrogen-bond donors (Lipinski definition) is 1. The Labute approximate surface area is 187 Å². The van der Waals surface area contributed by atoms with Crippen LogP contribution in [-0.2, 0) is 19.7 Å². The molecule has 0 saturated heterocycles. The number of carbonyl (C=O) groups is 2. The monoisotopic (exact) mass is 428 g/mol. The second-order valence-electron chi connectivity index (χ2n) is 8.34. The molecule has 0 radical (unpaired) electrons. The summed E-state index contributed by atoms with van der Waals surface area (Å²) in [5.74, 6) is -1.14. The van der Waals surface area contributed by atoms with Crippen molar-refractivity contribution in [1.82, 2.24) is 9.97 Å². The van der Waals surface area contributed by atoms with Crippen LogP contribution in [0, 0.1) is 11.3 Å². The van der Waals surface area contributed by atoms with Gasteiger partial charge in [0.05, 0.1) is 18.1 Å². The lowest BCUT2D eigenvalue weighted by molar-refractivity contribution is -0.152. The zero-order chi connectivity index (χ0) is 23.3. The van der Waals surface area contributed by atoms with Gasteiger partial charge in [-0.3, -0.25) is 9.59 Å². The molecule has 1 amide bonds. The maximum atomic E-state index is 12.9. The van der Waals surface area contributed by atoms with E-state index in [-0.39, 0.29) is 11.2 Å². The van der Waals surface area contributed by atoms with Gasteiger partial charge in [-0.2, -0.15) is 5.26 Å². The Morgan fingerprint density at radius 1 is 1.03 bits per heavy atom. The van der Waals surface area contributed by atoms with Crippen LogP contribution in [0.3, 0.4) is 0 Å². The van der Waals surface area contributed by atoms with Crippen molar-refractivity contribution in [3.05, 3.63) is 77.9 Å². The number of carbonyl (C=O) groups excluding carboxylic acids is 2. The largest absolute Gasteiger partial charge is 0.447 e. The number of aromatic nitrogens is 2. The van der Waals surface area contributed by atoms with Gasteiger partial charge in [-0.05, 0) is 28.2 Å². The second-order valence-corrected chi connectivity index (χ2v) is 8.34. The van der Waals surface area contributed by atoms with E-state index in [2.05, 4.69) is 48.2 Å². The predicted molar refractivity (Wildman–Crippen MR) is 120 cm³/mol. The molecule has 7 nitrogen and oxygen atoms in total. The summed E-state index contributed by atoms with van der Waals surface area (Å²) >= 11 is 0. The number of ether oxygens (including phenoxy) is 1. The molecule has 1 atom stereocenters. The van der Waals surface area contributed by atoms with E-state index >= 15 is 0 Å². The van der Waals surface area contributed by atoms with Crippen LogP contribution in [0.25, 0.3) is 11.1 Å². The molecule has 1 N–H and O–H groups in total. The Balaban J connectivity index is 1.88. The van der Waals surface area contributed by atoms with Gasteiger partial charge in [-0.25, -0.2) is 9.97 Å². The standard InChI is InChI=1S/C25H24N4O3/c1-16(30)32-23(24(31)29-21-14-27-22(13-26)28-15-21)19-7-5-6-18(12-19)17-8-10-20(11-9-17)25(2,3)4/h5-12,14-15,23H,1-4H3,(H,29,31). The average Bonchev–Trinajstić information content (AvgIpc) is 2.77. The van der Waals surface area contributed by atoms with Crippen molar-refractivity contribution in [2.24, 2.45) is 0 Å². The first kappa shape index (κ1) is 22.6. The second kappa shape index (κ2) is 9.40. The summed E-state index contributed by atoms with van der Waals surface area (Å²) in [6, 6.07) is 17.4. The SMILES string of the molecule is CC(=O)OC(C(=O)Nc1cnc(C#N)nc1)c1cccc(-c2ccc(C(C)(C)C)cc2)c1. The molecule has 0 saturated carbocycles. The van der Waals surface area contributed by atoms with E-state index in [1.165, 1.54) is 24.9 Å². The van der Waals surface area contributed by atoms with Crippen LogP contribution in [0.2, 0.25) is 0 Å². The Hall–Kier alpha value is -4.05. The van der Waals surface area contributed by atoms with Gasteiger partial charge in [0.1, 0.15) is 6.07 Å². The number of rotatable bonds is 5. The van der Waals surface area contributed by atoms with Crippen molar-refractivity contribution in [2.45, 2.75) is 39.2 Å². The zero-order valence-corrected chi connectivity index (χ0v) is 18.4. The average molecular weight is 428 g/mol. The van der Waals surface area contributed by atoms with Gasteiger partial charge in [-0.1, -0.05) is 63.2 Å². The van der Waals surface area contributed by atoms with Crippen LogP contribution < -0.4 is 5.32 Å². The van der Waals surface area contributed by atoms with Crippen molar-refractivity contribution in [2.75, 3.05) is 5.32 Å². The molecule has 1 aromatic heterocycles. The van der Waals surface area contributed by atoms with Gasteiger partial charge in [0, 0.05) is 12.5 Å². The smallest absolute Gasteiger partial charge is 0.303 e. The van der Waals surface area contributed by atoms with Crippen LogP contribution in [-0.4, -0.2) is 21.8 Å². The van der Waals surface area contributed by atoms with E-state index in [4.69, 9.17) is 10.00 Å². The molecule has 0 aliphatic rings. The summed E-state index contributed by atoms with van der Waals surface area (Å²) in [6.07, 6.45) is 1.49. The molecule has 0 aliphatic carbocycles. The number of hydrogen-bond acceptors (Lipinski definition) is 6. The number of esters is 1. The first-order chi connectivity index (χ1) is 15.2. The first-order valence-corrected chi connectivity index (χ1v) is 10.1. The summed E-state index contributed by atoms with van der Waals surface area (Å²) in [7, 11) is 0. The Morgan fingerprint density at radius 2 is 1.69 bits per heavy atom. The van der Waals surface area contributed by atoms with Gasteiger partial charge in [0.25, 0.3) is 5.91 Å². The minimum Gasteiger partial charge on any atom is -0.447 e. The number of amides is 1. The molecular formula is C25H24N4O3. The number of nitrogens with one attached hydrogen (secondary N) is 1. The number of nitrogens with zero attached hydrogens (tertiary/aromatic N) is 3. The molecule has 32 heavy (non-hydrogen) atoms. The van der Waals surface area contributed by atoms with Crippen LogP contribution in [0.5, 0.6) is 0 Å². The fourth-order valence-corrected chi connectivity index (χ4v) is 3.14. The van der Waals surface area contributed by atoms with Crippen molar-refractivity contribution >= 4 is 17.6 Å². The maximum absolute atomic E-state index is 12.9. The van der Waals surface area contributed by atoms with E-state index in [1.807, 2.05) is 36.4 Å². The normalized spacial score (nSPS) is 11.8. The summed E-state index contributed by atoms with van der Waals surface area (Å²) in [4.78, 5) is 32.2. The molecule has 0 aliphatic heterocycles. The summed E-state index contributed by atoms with van der Waals surface area (Å²) in [5.41, 5.74) is 3.98. The fourth-order valence-electron chi connectivity index (χ4n) is 3.14. The van der Waals surface area contributed by atoms with Gasteiger partial charge in [0.15, 0.2) is 0 Å². The van der Waals surface area contributed by atoms with Crippen molar-refractivity contribution in [3.63, 3.8) is 0 Å². The lowest BCUT2D eigenvalue weighted by atomic mass is 9.86. The van der Waals surface area contributed by atoms with Gasteiger partial charge in [-0.15, -0.1) is 0 Å². The lowest BCUT2D eigenvalue weighted by Crippen LogP contribution is -2.25. The highest BCUT2D eigenvalue weighted by Crippen LogP contribution is 2.29. The molecule has 7 heteroatoms. The summed E-state index contributed by atoms with van der Waals surface area (Å²) in [6.45, 7) is 7.72. The van der Waals surface area contributed by atoms with Crippen molar-refractivity contribution in [1.29, 1.82) is 5.26 Å². The topological polar surface area (TPSA) is 105 Å². The fraction of sp³-hybridized carbons (Fsp3) is 0.240. The third-order valence-electron chi connectivity index (χ3n) is 4.81. The van der Waals surface area contributed by atoms with Gasteiger partial charge < -0.3 is 10.1 Å². The van der Waals surface area contributed by atoms with Crippen LogP contribution in [0.4, 0.5) is 5.69 Å². The third-order valence-corrected chi connectivity index (χ3v) is 4.81. The highest BCUT2D eigenvalue weighted by atomic mass is 16.5. The van der Waals surface area contributed by atoms with Gasteiger partial charge >= 0.3 is 5.97 Å². The number of benzene rings is 2. The third kappa shape index (κ3) is 5.55. The molecule has 2 aromatic carbocycles. The van der Waals surface area contributed by atoms with Crippen LogP contribution >= 0.6 is 0 Å². The lowest BCUT2D eigenvalue weighted by Gasteiger charge is -2.20. The summed E-state index contributed by atoms with van der Waals surface area (Å²) in [5, 5.41) is 11.4. The molecule has 162 valence electrons. The minimum absolute atomic E-state index is 0.00952. The predicted octanol–water partition coefficient (Wildman–Crippen LogP) is 4.56. The van der Waals surface area contributed by atoms with E-state index in [0.29, 0.717) is 11.3 Å². The molecule has 1 unspecified atom stereocenters. The molecule has 3 aromatic rings. The van der Waals surface area contributed by atoms with Gasteiger partial charge in [0.2, 0.25) is 11.9 Å². The highest BCUT2D eigenvalue weighted by Gasteiger charge is 2.25. The molecule has 0 spiro atoms. The zero-order valence-electron chi connectivity index (χ0n) is 18.4. The first-order valence-electron chi connectivity index (χ1n) is 10.1. The number of nitriles is 1. The van der Waals surface area contributed by atoms with E-state index in [0.717, 1.165) is 11.1 Å².